The molecule has 1 amide bonds. The monoisotopic (exact) mass is 270 g/mol. The van der Waals surface area contributed by atoms with Gasteiger partial charge in [-0.25, -0.2) is 4.39 Å². The molecule has 2 aromatic carbocycles. The molecule has 0 fully saturated rings. The van der Waals surface area contributed by atoms with E-state index in [1.165, 1.54) is 24.3 Å². The summed E-state index contributed by atoms with van der Waals surface area (Å²) in [6, 6.07) is 12.0. The minimum Gasteiger partial charge on any atom is -0.323 e. The van der Waals surface area contributed by atoms with Gasteiger partial charge < -0.3 is 11.1 Å². The Hall–Kier alpha value is -2.53. The van der Waals surface area contributed by atoms with E-state index in [1.807, 2.05) is 0 Å². The van der Waals surface area contributed by atoms with Crippen molar-refractivity contribution in [3.8, 4) is 0 Å². The van der Waals surface area contributed by atoms with E-state index in [4.69, 9.17) is 5.73 Å². The van der Waals surface area contributed by atoms with E-state index in [2.05, 4.69) is 5.32 Å². The molecule has 1 heterocycles. The highest BCUT2D eigenvalue weighted by Crippen LogP contribution is 2.33. The van der Waals surface area contributed by atoms with Crippen molar-refractivity contribution in [2.24, 2.45) is 5.73 Å². The number of fused-ring (bicyclic) bond motifs is 1. The number of rotatable bonds is 1. The number of ketones is 1. The molecule has 1 aliphatic rings. The molecular weight excluding hydrogens is 259 g/mol. The van der Waals surface area contributed by atoms with Gasteiger partial charge in [-0.1, -0.05) is 30.3 Å². The molecule has 1 atom stereocenters. The van der Waals surface area contributed by atoms with E-state index in [1.54, 1.807) is 24.3 Å². The lowest BCUT2D eigenvalue weighted by atomic mass is 9.79. The average molecular weight is 270 g/mol. The van der Waals surface area contributed by atoms with Crippen molar-refractivity contribution in [2.45, 2.75) is 5.54 Å². The summed E-state index contributed by atoms with van der Waals surface area (Å²) in [5.74, 6) is -2.02. The fourth-order valence-electron chi connectivity index (χ4n) is 2.35. The number of hydrogen-bond donors (Lipinski definition) is 2. The highest BCUT2D eigenvalue weighted by molar-refractivity contribution is 6.27. The molecule has 0 aliphatic carbocycles. The van der Waals surface area contributed by atoms with E-state index >= 15 is 0 Å². The molecule has 2 aromatic rings. The summed E-state index contributed by atoms with van der Waals surface area (Å²) in [5, 5.41) is 2.56. The number of carbonyl (C=O) groups excluding carboxylic acids is 2. The largest absolute Gasteiger partial charge is 0.323 e. The molecule has 3 rings (SSSR count). The van der Waals surface area contributed by atoms with Crippen molar-refractivity contribution in [2.75, 3.05) is 5.32 Å². The van der Waals surface area contributed by atoms with E-state index in [0.717, 1.165) is 0 Å². The van der Waals surface area contributed by atoms with Gasteiger partial charge in [0.15, 0.2) is 11.3 Å². The molecule has 1 aliphatic heterocycles. The van der Waals surface area contributed by atoms with Crippen LogP contribution in [0.2, 0.25) is 0 Å². The Bertz CT molecular complexity index is 729. The maximum atomic E-state index is 13.9. The first-order valence-corrected chi connectivity index (χ1v) is 6.04. The van der Waals surface area contributed by atoms with Crippen LogP contribution < -0.4 is 11.1 Å². The Labute approximate surface area is 114 Å². The van der Waals surface area contributed by atoms with Crippen LogP contribution in [0.25, 0.3) is 0 Å². The van der Waals surface area contributed by atoms with Gasteiger partial charge in [-0.15, -0.1) is 0 Å². The first-order chi connectivity index (χ1) is 9.55. The van der Waals surface area contributed by atoms with Crippen molar-refractivity contribution in [3.63, 3.8) is 0 Å². The van der Waals surface area contributed by atoms with Crippen LogP contribution in [0.3, 0.4) is 0 Å². The number of nitrogens with two attached hydrogens (primary N) is 1. The maximum absolute atomic E-state index is 13.9. The van der Waals surface area contributed by atoms with E-state index in [-0.39, 0.29) is 11.1 Å². The van der Waals surface area contributed by atoms with Crippen molar-refractivity contribution in [1.29, 1.82) is 0 Å². The van der Waals surface area contributed by atoms with Crippen molar-refractivity contribution in [3.05, 3.63) is 65.5 Å². The third-order valence-corrected chi connectivity index (χ3v) is 3.43. The van der Waals surface area contributed by atoms with E-state index < -0.39 is 23.0 Å². The first-order valence-electron chi connectivity index (χ1n) is 6.04. The van der Waals surface area contributed by atoms with Gasteiger partial charge in [0.05, 0.1) is 5.69 Å². The minimum atomic E-state index is -2.04. The van der Waals surface area contributed by atoms with Gasteiger partial charge in [0.25, 0.3) is 5.91 Å². The smallest absolute Gasteiger partial charge is 0.257 e. The van der Waals surface area contributed by atoms with Crippen LogP contribution >= 0.6 is 0 Å². The number of amides is 1. The Balaban J connectivity index is 2.23. The molecule has 5 heteroatoms. The molecule has 0 bridgehead atoms. The summed E-state index contributed by atoms with van der Waals surface area (Å²) in [4.78, 5) is 24.8. The molecule has 0 saturated carbocycles. The molecular formula is C15H11FN2O2. The molecule has 0 saturated heterocycles. The molecule has 100 valence electrons. The lowest BCUT2D eigenvalue weighted by Gasteiger charge is -2.32. The van der Waals surface area contributed by atoms with Crippen LogP contribution in [0.4, 0.5) is 10.1 Å². The molecule has 0 radical (unpaired) electrons. The van der Waals surface area contributed by atoms with Gasteiger partial charge in [0.1, 0.15) is 5.82 Å². The highest BCUT2D eigenvalue weighted by atomic mass is 19.1. The van der Waals surface area contributed by atoms with Crippen LogP contribution in [0.1, 0.15) is 15.9 Å². The Kier molecular flexibility index (Phi) is 2.65. The fraction of sp³-hybridized carbons (Fsp3) is 0.0667. The van der Waals surface area contributed by atoms with Crippen LogP contribution in [0, 0.1) is 5.82 Å². The summed E-state index contributed by atoms with van der Waals surface area (Å²) >= 11 is 0. The van der Waals surface area contributed by atoms with E-state index in [9.17, 15) is 14.0 Å². The molecule has 0 aromatic heterocycles. The molecule has 4 nitrogen and oxygen atoms in total. The predicted molar refractivity (Wildman–Crippen MR) is 71.7 cm³/mol. The van der Waals surface area contributed by atoms with Crippen LogP contribution in [-0.2, 0) is 10.3 Å². The first kappa shape index (κ1) is 12.5. The fourth-order valence-corrected chi connectivity index (χ4v) is 2.35. The average Bonchev–Trinajstić information content (AvgIpc) is 2.45. The summed E-state index contributed by atoms with van der Waals surface area (Å²) in [5.41, 5.74) is 4.48. The zero-order valence-electron chi connectivity index (χ0n) is 10.4. The quantitative estimate of drug-likeness (QED) is 0.776. The number of hydrogen-bond acceptors (Lipinski definition) is 3. The lowest BCUT2D eigenvalue weighted by molar-refractivity contribution is -0.120. The normalized spacial score (nSPS) is 21.3. The molecule has 20 heavy (non-hydrogen) atoms. The third-order valence-electron chi connectivity index (χ3n) is 3.43. The number of anilines is 1. The standard InChI is InChI=1S/C15H11FN2O2/c16-11-7-3-2-6-10(11)15(17)13(19)9-5-1-4-8-12(9)18-14(15)20/h1-8H,17H2,(H,18,20). The summed E-state index contributed by atoms with van der Waals surface area (Å²) in [6.07, 6.45) is 0. The van der Waals surface area contributed by atoms with Gasteiger partial charge in [-0.3, -0.25) is 9.59 Å². The molecule has 3 N–H and O–H groups in total. The van der Waals surface area contributed by atoms with Gasteiger partial charge in [-0.2, -0.15) is 0 Å². The van der Waals surface area contributed by atoms with Crippen LogP contribution in [0.15, 0.2) is 48.5 Å². The van der Waals surface area contributed by atoms with Crippen LogP contribution in [0.5, 0.6) is 0 Å². The number of nitrogens with one attached hydrogen (secondary N) is 1. The maximum Gasteiger partial charge on any atom is 0.257 e. The number of halogens is 1. The zero-order valence-corrected chi connectivity index (χ0v) is 10.4. The third kappa shape index (κ3) is 1.57. The van der Waals surface area contributed by atoms with Gasteiger partial charge in [0, 0.05) is 11.1 Å². The Morgan fingerprint density at radius 2 is 1.65 bits per heavy atom. The summed E-state index contributed by atoms with van der Waals surface area (Å²) < 4.78 is 13.9. The topological polar surface area (TPSA) is 72.2 Å². The second kappa shape index (κ2) is 4.25. The SMILES string of the molecule is NC1(c2ccccc2F)C(=O)Nc2ccccc2C1=O. The van der Waals surface area contributed by atoms with Gasteiger partial charge in [-0.05, 0) is 18.2 Å². The summed E-state index contributed by atoms with van der Waals surface area (Å²) in [7, 11) is 0. The Morgan fingerprint density at radius 1 is 1.00 bits per heavy atom. The number of carbonyl (C=O) groups is 2. The predicted octanol–water partition coefficient (Wildman–Crippen LogP) is 1.81. The van der Waals surface area contributed by atoms with Gasteiger partial charge >= 0.3 is 0 Å². The Morgan fingerprint density at radius 3 is 2.40 bits per heavy atom. The molecule has 1 unspecified atom stereocenters. The lowest BCUT2D eigenvalue weighted by Crippen LogP contribution is -2.57. The minimum absolute atomic E-state index is 0.128. The highest BCUT2D eigenvalue weighted by Gasteiger charge is 2.49. The second-order valence-corrected chi connectivity index (χ2v) is 4.62. The van der Waals surface area contributed by atoms with Crippen LogP contribution in [-0.4, -0.2) is 11.7 Å². The zero-order chi connectivity index (χ0) is 14.3. The number of Topliss-reactive ketones (excluding diaryl/α,β-unsaturated/α-hetero) is 1. The molecule has 0 spiro atoms. The van der Waals surface area contributed by atoms with E-state index in [0.29, 0.717) is 5.69 Å². The van der Waals surface area contributed by atoms with Crippen molar-refractivity contribution in [1.82, 2.24) is 0 Å². The second-order valence-electron chi connectivity index (χ2n) is 4.62. The van der Waals surface area contributed by atoms with Crippen molar-refractivity contribution < 1.29 is 14.0 Å². The number of para-hydroxylation sites is 1. The number of benzene rings is 2. The van der Waals surface area contributed by atoms with Gasteiger partial charge in [0.2, 0.25) is 0 Å². The summed E-state index contributed by atoms with van der Waals surface area (Å²) in [6.45, 7) is 0. The van der Waals surface area contributed by atoms with Crippen molar-refractivity contribution >= 4 is 17.4 Å².